The highest BCUT2D eigenvalue weighted by Crippen LogP contribution is 2.20. The highest BCUT2D eigenvalue weighted by atomic mass is 35.5. The van der Waals surface area contributed by atoms with Gasteiger partial charge in [0.15, 0.2) is 0 Å². The van der Waals surface area contributed by atoms with E-state index in [1.807, 2.05) is 13.8 Å². The van der Waals surface area contributed by atoms with Crippen LogP contribution in [0, 0.1) is 5.92 Å². The molecule has 1 fully saturated rings. The smallest absolute Gasteiger partial charge is 0.497 e. The van der Waals surface area contributed by atoms with E-state index < -0.39 is 42.9 Å². The van der Waals surface area contributed by atoms with Crippen LogP contribution in [0.25, 0.3) is 0 Å². The highest BCUT2D eigenvalue weighted by molar-refractivity contribution is 6.51. The maximum Gasteiger partial charge on any atom is 0.622 e. The van der Waals surface area contributed by atoms with E-state index in [4.69, 9.17) is 32.5 Å². The van der Waals surface area contributed by atoms with E-state index in [-0.39, 0.29) is 29.6 Å². The highest BCUT2D eigenvalue weighted by Gasteiger charge is 2.41. The Morgan fingerprint density at radius 1 is 1.26 bits per heavy atom. The number of hydrogen-bond acceptors (Lipinski definition) is 7. The minimum Gasteiger partial charge on any atom is -0.497 e. The lowest BCUT2D eigenvalue weighted by atomic mass is 9.73. The summed E-state index contributed by atoms with van der Waals surface area (Å²) in [5.41, 5.74) is 0.130. The van der Waals surface area contributed by atoms with Crippen molar-refractivity contribution in [2.75, 3.05) is 13.1 Å². The molecule has 0 radical (unpaired) electrons. The largest absolute Gasteiger partial charge is 0.622 e. The third-order valence-electron chi connectivity index (χ3n) is 4.37. The topological polar surface area (TPSA) is 123 Å². The van der Waals surface area contributed by atoms with Crippen LogP contribution in [0.1, 0.15) is 37.6 Å². The Bertz CT molecular complexity index is 854. The van der Waals surface area contributed by atoms with E-state index >= 15 is 0 Å². The second kappa shape index (κ2) is 11.4. The molecule has 12 heteroatoms. The molecule has 0 saturated carbocycles. The summed E-state index contributed by atoms with van der Waals surface area (Å²) in [6.45, 7) is 4.83. The summed E-state index contributed by atoms with van der Waals surface area (Å²) in [7, 11) is -1.28. The van der Waals surface area contributed by atoms with Crippen molar-refractivity contribution in [2.24, 2.45) is 5.92 Å². The predicted molar refractivity (Wildman–Crippen MR) is 116 cm³/mol. The molecule has 1 aliphatic heterocycles. The molecule has 2 atom stereocenters. The molecule has 1 aromatic carbocycles. The van der Waals surface area contributed by atoms with Gasteiger partial charge in [-0.05, 0) is 37.5 Å². The fourth-order valence-electron chi connectivity index (χ4n) is 2.83. The molecule has 0 aliphatic carbocycles. The van der Waals surface area contributed by atoms with Crippen LogP contribution in [0.4, 0.5) is 0 Å². The van der Waals surface area contributed by atoms with Crippen molar-refractivity contribution in [3.63, 3.8) is 0 Å². The number of amides is 2. The van der Waals surface area contributed by atoms with Crippen LogP contribution >= 0.6 is 23.2 Å². The van der Waals surface area contributed by atoms with Crippen LogP contribution in [-0.2, 0) is 23.7 Å². The SMILES string of the molecule is CC(C)C[C@H](NC(=O)CNC(=O)c1cc(Cl)ccc1Cl)B1OC(=O)CN[C@@H](C)C(=O)O1. The van der Waals surface area contributed by atoms with Gasteiger partial charge in [-0.3, -0.25) is 24.5 Å². The van der Waals surface area contributed by atoms with Crippen LogP contribution in [-0.4, -0.2) is 55.9 Å². The van der Waals surface area contributed by atoms with Gasteiger partial charge in [-0.1, -0.05) is 37.0 Å². The summed E-state index contributed by atoms with van der Waals surface area (Å²) >= 11 is 11.9. The molecule has 31 heavy (non-hydrogen) atoms. The second-order valence-corrected chi connectivity index (χ2v) is 8.35. The van der Waals surface area contributed by atoms with Crippen molar-refractivity contribution in [1.29, 1.82) is 0 Å². The number of hydrogen-bond donors (Lipinski definition) is 3. The van der Waals surface area contributed by atoms with E-state index in [0.29, 0.717) is 11.4 Å². The summed E-state index contributed by atoms with van der Waals surface area (Å²) in [6.07, 6.45) is 0.368. The normalized spacial score (nSPS) is 17.9. The lowest BCUT2D eigenvalue weighted by Gasteiger charge is -2.28. The summed E-state index contributed by atoms with van der Waals surface area (Å²) in [5, 5.41) is 8.32. The molecule has 1 saturated heterocycles. The summed E-state index contributed by atoms with van der Waals surface area (Å²) in [4.78, 5) is 48.8. The molecule has 168 valence electrons. The zero-order valence-electron chi connectivity index (χ0n) is 17.4. The van der Waals surface area contributed by atoms with Crippen molar-refractivity contribution in [2.45, 2.75) is 39.2 Å². The first-order valence-corrected chi connectivity index (χ1v) is 10.5. The number of nitrogens with one attached hydrogen (secondary N) is 3. The molecular weight excluding hydrogens is 448 g/mol. The van der Waals surface area contributed by atoms with E-state index in [0.717, 1.165) is 0 Å². The quantitative estimate of drug-likeness (QED) is 0.513. The van der Waals surface area contributed by atoms with Gasteiger partial charge >= 0.3 is 19.1 Å². The predicted octanol–water partition coefficient (Wildman–Crippen LogP) is 1.36. The lowest BCUT2D eigenvalue weighted by molar-refractivity contribution is -0.145. The van der Waals surface area contributed by atoms with Crippen molar-refractivity contribution >= 4 is 54.1 Å². The molecular formula is C19H24BCl2N3O6. The van der Waals surface area contributed by atoms with Gasteiger partial charge in [0.1, 0.15) is 6.04 Å². The third-order valence-corrected chi connectivity index (χ3v) is 4.93. The van der Waals surface area contributed by atoms with Crippen molar-refractivity contribution in [3.05, 3.63) is 33.8 Å². The molecule has 2 amide bonds. The fraction of sp³-hybridized carbons (Fsp3) is 0.474. The molecule has 0 aromatic heterocycles. The Hall–Kier alpha value is -2.30. The van der Waals surface area contributed by atoms with Gasteiger partial charge in [-0.25, -0.2) is 0 Å². The van der Waals surface area contributed by atoms with Gasteiger partial charge in [-0.15, -0.1) is 0 Å². The summed E-state index contributed by atoms with van der Waals surface area (Å²) < 4.78 is 10.5. The number of rotatable bonds is 7. The first kappa shape index (κ1) is 25.0. The average Bonchev–Trinajstić information content (AvgIpc) is 2.69. The molecule has 0 spiro atoms. The maximum atomic E-state index is 12.5. The second-order valence-electron chi connectivity index (χ2n) is 7.51. The van der Waals surface area contributed by atoms with Crippen LogP contribution in [0.3, 0.4) is 0 Å². The molecule has 2 rings (SSSR count). The number of halogens is 2. The van der Waals surface area contributed by atoms with Crippen LogP contribution in [0.2, 0.25) is 10.0 Å². The minimum atomic E-state index is -1.28. The molecule has 3 N–H and O–H groups in total. The molecule has 1 heterocycles. The van der Waals surface area contributed by atoms with Crippen molar-refractivity contribution < 1.29 is 28.5 Å². The van der Waals surface area contributed by atoms with Gasteiger partial charge in [0.05, 0.1) is 29.6 Å². The van der Waals surface area contributed by atoms with E-state index in [1.54, 1.807) is 6.92 Å². The van der Waals surface area contributed by atoms with E-state index in [1.165, 1.54) is 18.2 Å². The van der Waals surface area contributed by atoms with Crippen LogP contribution < -0.4 is 16.0 Å². The van der Waals surface area contributed by atoms with Gasteiger partial charge in [0.2, 0.25) is 5.91 Å². The monoisotopic (exact) mass is 471 g/mol. The fourth-order valence-corrected chi connectivity index (χ4v) is 3.20. The molecule has 1 aliphatic rings. The Kier molecular flexibility index (Phi) is 9.15. The van der Waals surface area contributed by atoms with Gasteiger partial charge in [-0.2, -0.15) is 0 Å². The molecule has 0 unspecified atom stereocenters. The Balaban J connectivity index is 2.04. The first-order chi connectivity index (χ1) is 14.6. The van der Waals surface area contributed by atoms with E-state index in [2.05, 4.69) is 16.0 Å². The molecule has 9 nitrogen and oxygen atoms in total. The maximum absolute atomic E-state index is 12.5. The summed E-state index contributed by atoms with van der Waals surface area (Å²) in [6, 6.07) is 3.71. The molecule has 1 aromatic rings. The van der Waals surface area contributed by atoms with E-state index in [9.17, 15) is 19.2 Å². The van der Waals surface area contributed by atoms with Gasteiger partial charge < -0.3 is 19.9 Å². The lowest BCUT2D eigenvalue weighted by Crippen LogP contribution is -2.57. The van der Waals surface area contributed by atoms with Crippen molar-refractivity contribution in [1.82, 2.24) is 16.0 Å². The Labute approximate surface area is 190 Å². The van der Waals surface area contributed by atoms with Crippen LogP contribution in [0.15, 0.2) is 18.2 Å². The van der Waals surface area contributed by atoms with Gasteiger partial charge in [0, 0.05) is 5.02 Å². The standard InChI is InChI=1S/C19H24BCl2N3O6/c1-10(2)6-15(20-30-17(27)9-23-11(3)19(29)31-20)25-16(26)8-24-18(28)13-7-12(21)4-5-14(13)22/h4-5,7,10-11,15,23H,6,8-9H2,1-3H3,(H,24,28)(H,25,26)/t11-,15-/m0/s1. The first-order valence-electron chi connectivity index (χ1n) is 9.72. The number of benzene rings is 1. The summed E-state index contributed by atoms with van der Waals surface area (Å²) in [5.74, 6) is -3.06. The number of carbonyl (C=O) groups is 4. The Morgan fingerprint density at radius 3 is 2.65 bits per heavy atom. The zero-order valence-corrected chi connectivity index (χ0v) is 18.9. The van der Waals surface area contributed by atoms with Crippen LogP contribution in [0.5, 0.6) is 0 Å². The van der Waals surface area contributed by atoms with Gasteiger partial charge in [0.25, 0.3) is 5.91 Å². The Morgan fingerprint density at radius 2 is 1.97 bits per heavy atom. The third kappa shape index (κ3) is 7.72. The zero-order chi connectivity index (χ0) is 23.1. The number of carbonyl (C=O) groups excluding carboxylic acids is 4. The molecule has 0 bridgehead atoms. The average molecular weight is 472 g/mol. The minimum absolute atomic E-state index is 0.0866. The van der Waals surface area contributed by atoms with Crippen molar-refractivity contribution in [3.8, 4) is 0 Å².